The summed E-state index contributed by atoms with van der Waals surface area (Å²) in [4.78, 5) is 0. The summed E-state index contributed by atoms with van der Waals surface area (Å²) in [6.45, 7) is 8.79. The topological polar surface area (TPSA) is 55.8 Å². The summed E-state index contributed by atoms with van der Waals surface area (Å²) >= 11 is 0. The first-order valence-electron chi connectivity index (χ1n) is 4.96. The fourth-order valence-electron chi connectivity index (χ4n) is 0.977. The standard InChI is InChI=1S/C9H21O4P/c1-6-9(10)14(11,12-7(2)3)13-8(4)5/h7-10H,6H2,1-5H3/t9-/m1/s1. The van der Waals surface area contributed by atoms with Crippen molar-refractivity contribution in [3.8, 4) is 0 Å². The minimum atomic E-state index is -3.37. The Hall–Kier alpha value is 0.110. The maximum absolute atomic E-state index is 12.1. The largest absolute Gasteiger partial charge is 0.380 e. The first-order chi connectivity index (χ1) is 6.31. The van der Waals surface area contributed by atoms with Crippen LogP contribution < -0.4 is 0 Å². The molecule has 0 bridgehead atoms. The molecule has 86 valence electrons. The highest BCUT2D eigenvalue weighted by atomic mass is 31.2. The summed E-state index contributed by atoms with van der Waals surface area (Å²) < 4.78 is 22.4. The molecule has 5 heteroatoms. The van der Waals surface area contributed by atoms with E-state index < -0.39 is 13.4 Å². The van der Waals surface area contributed by atoms with Crippen LogP contribution in [0.25, 0.3) is 0 Å². The third kappa shape index (κ3) is 4.56. The number of hydrogen-bond acceptors (Lipinski definition) is 4. The van der Waals surface area contributed by atoms with Gasteiger partial charge in [0.1, 0.15) is 0 Å². The smallest absolute Gasteiger partial charge is 0.359 e. The first kappa shape index (κ1) is 14.1. The maximum Gasteiger partial charge on any atom is 0.359 e. The van der Waals surface area contributed by atoms with Gasteiger partial charge in [0.2, 0.25) is 0 Å². The Morgan fingerprint density at radius 2 is 1.50 bits per heavy atom. The second-order valence-corrected chi connectivity index (χ2v) is 5.83. The molecule has 14 heavy (non-hydrogen) atoms. The molecule has 0 radical (unpaired) electrons. The second-order valence-electron chi connectivity index (χ2n) is 3.74. The van der Waals surface area contributed by atoms with Crippen molar-refractivity contribution in [1.29, 1.82) is 0 Å². The normalized spacial score (nSPS) is 15.1. The Morgan fingerprint density at radius 3 is 1.71 bits per heavy atom. The first-order valence-corrected chi connectivity index (χ1v) is 6.57. The van der Waals surface area contributed by atoms with Gasteiger partial charge in [0.05, 0.1) is 12.2 Å². The van der Waals surface area contributed by atoms with Crippen LogP contribution in [-0.4, -0.2) is 23.2 Å². The highest BCUT2D eigenvalue weighted by Gasteiger charge is 2.35. The quantitative estimate of drug-likeness (QED) is 0.705. The lowest BCUT2D eigenvalue weighted by Gasteiger charge is -2.25. The van der Waals surface area contributed by atoms with Gasteiger partial charge in [-0.15, -0.1) is 0 Å². The zero-order chi connectivity index (χ0) is 11.4. The van der Waals surface area contributed by atoms with Crippen molar-refractivity contribution in [2.24, 2.45) is 0 Å². The SMILES string of the molecule is CC[C@H](O)P(=O)(OC(C)C)OC(C)C. The van der Waals surface area contributed by atoms with E-state index in [0.717, 1.165) is 0 Å². The van der Waals surface area contributed by atoms with Gasteiger partial charge in [-0.1, -0.05) is 6.92 Å². The summed E-state index contributed by atoms with van der Waals surface area (Å²) in [6.07, 6.45) is -0.0851. The van der Waals surface area contributed by atoms with E-state index in [1.165, 1.54) is 0 Å². The highest BCUT2D eigenvalue weighted by molar-refractivity contribution is 7.54. The monoisotopic (exact) mass is 224 g/mol. The van der Waals surface area contributed by atoms with Crippen LogP contribution in [0.15, 0.2) is 0 Å². The number of rotatable bonds is 6. The van der Waals surface area contributed by atoms with E-state index >= 15 is 0 Å². The fourth-order valence-corrected chi connectivity index (χ4v) is 2.93. The lowest BCUT2D eigenvalue weighted by atomic mass is 10.5. The van der Waals surface area contributed by atoms with Crippen LogP contribution in [0.4, 0.5) is 0 Å². The minimum Gasteiger partial charge on any atom is -0.380 e. The van der Waals surface area contributed by atoms with Gasteiger partial charge >= 0.3 is 7.60 Å². The summed E-state index contributed by atoms with van der Waals surface area (Å²) in [5, 5.41) is 9.56. The molecule has 0 aliphatic carbocycles. The van der Waals surface area contributed by atoms with E-state index in [4.69, 9.17) is 9.05 Å². The van der Waals surface area contributed by atoms with Crippen LogP contribution in [0.1, 0.15) is 41.0 Å². The van der Waals surface area contributed by atoms with Crippen molar-refractivity contribution < 1.29 is 18.7 Å². The lowest BCUT2D eigenvalue weighted by molar-refractivity contribution is 0.0997. The van der Waals surface area contributed by atoms with Gasteiger partial charge in [0.25, 0.3) is 0 Å². The van der Waals surface area contributed by atoms with Gasteiger partial charge in [0.15, 0.2) is 5.85 Å². The molecule has 0 unspecified atom stereocenters. The lowest BCUT2D eigenvalue weighted by Crippen LogP contribution is -2.17. The Morgan fingerprint density at radius 1 is 1.14 bits per heavy atom. The van der Waals surface area contributed by atoms with E-state index in [2.05, 4.69) is 0 Å². The van der Waals surface area contributed by atoms with Gasteiger partial charge in [-0.3, -0.25) is 4.57 Å². The Balaban J connectivity index is 4.58. The molecule has 0 heterocycles. The van der Waals surface area contributed by atoms with E-state index in [9.17, 15) is 9.67 Å². The van der Waals surface area contributed by atoms with Gasteiger partial charge < -0.3 is 14.2 Å². The van der Waals surface area contributed by atoms with Crippen molar-refractivity contribution in [3.63, 3.8) is 0 Å². The maximum atomic E-state index is 12.1. The molecule has 0 aromatic carbocycles. The molecule has 0 aromatic rings. The molecule has 1 N–H and O–H groups in total. The van der Waals surface area contributed by atoms with Gasteiger partial charge in [0, 0.05) is 0 Å². The number of aliphatic hydroxyl groups is 1. The summed E-state index contributed by atoms with van der Waals surface area (Å²) in [6, 6.07) is 0. The van der Waals surface area contributed by atoms with Crippen molar-refractivity contribution in [2.45, 2.75) is 59.1 Å². The van der Waals surface area contributed by atoms with Crippen LogP contribution in [-0.2, 0) is 13.6 Å². The molecule has 1 atom stereocenters. The van der Waals surface area contributed by atoms with Crippen molar-refractivity contribution in [3.05, 3.63) is 0 Å². The van der Waals surface area contributed by atoms with Crippen molar-refractivity contribution >= 4 is 7.60 Å². The molecule has 0 aromatic heterocycles. The molecule has 0 saturated carbocycles. The molecule has 0 rings (SSSR count). The Kier molecular flexibility index (Phi) is 5.91. The predicted octanol–water partition coefficient (Wildman–Crippen LogP) is 2.76. The van der Waals surface area contributed by atoms with Crippen molar-refractivity contribution in [2.75, 3.05) is 0 Å². The van der Waals surface area contributed by atoms with Gasteiger partial charge in [-0.05, 0) is 34.1 Å². The van der Waals surface area contributed by atoms with Crippen LogP contribution in [0.5, 0.6) is 0 Å². The fraction of sp³-hybridized carbons (Fsp3) is 1.00. The van der Waals surface area contributed by atoms with Gasteiger partial charge in [-0.2, -0.15) is 0 Å². The molecule has 0 saturated heterocycles. The summed E-state index contributed by atoms with van der Waals surface area (Å²) in [7, 11) is -3.37. The van der Waals surface area contributed by atoms with Gasteiger partial charge in [-0.25, -0.2) is 0 Å². The molecule has 0 aliphatic heterocycles. The number of aliphatic hydroxyl groups excluding tert-OH is 1. The molecule has 4 nitrogen and oxygen atoms in total. The third-order valence-corrected chi connectivity index (χ3v) is 3.97. The third-order valence-electron chi connectivity index (χ3n) is 1.45. The second kappa shape index (κ2) is 5.86. The minimum absolute atomic E-state index is 0.221. The van der Waals surface area contributed by atoms with E-state index in [1.807, 2.05) is 0 Å². The zero-order valence-electron chi connectivity index (χ0n) is 9.56. The van der Waals surface area contributed by atoms with Crippen LogP contribution in [0.2, 0.25) is 0 Å². The molecule has 0 fully saturated rings. The molecular weight excluding hydrogens is 203 g/mol. The summed E-state index contributed by atoms with van der Waals surface area (Å²) in [5.74, 6) is -1.03. The van der Waals surface area contributed by atoms with Crippen LogP contribution in [0.3, 0.4) is 0 Å². The highest BCUT2D eigenvalue weighted by Crippen LogP contribution is 2.54. The van der Waals surface area contributed by atoms with E-state index in [-0.39, 0.29) is 12.2 Å². The average molecular weight is 224 g/mol. The molecule has 0 spiro atoms. The van der Waals surface area contributed by atoms with Crippen LogP contribution >= 0.6 is 7.60 Å². The van der Waals surface area contributed by atoms with Crippen LogP contribution in [0, 0.1) is 0 Å². The Labute approximate surface area is 86.1 Å². The molecule has 0 amide bonds. The zero-order valence-corrected chi connectivity index (χ0v) is 10.5. The Bertz CT molecular complexity index is 189. The summed E-state index contributed by atoms with van der Waals surface area (Å²) in [5.41, 5.74) is 0. The predicted molar refractivity (Wildman–Crippen MR) is 56.3 cm³/mol. The molecular formula is C9H21O4P. The van der Waals surface area contributed by atoms with Crippen molar-refractivity contribution in [1.82, 2.24) is 0 Å². The van der Waals surface area contributed by atoms with E-state index in [0.29, 0.717) is 6.42 Å². The number of hydrogen-bond donors (Lipinski definition) is 1. The van der Waals surface area contributed by atoms with E-state index in [1.54, 1.807) is 34.6 Å². The molecule has 0 aliphatic rings. The average Bonchev–Trinajstić information content (AvgIpc) is 1.99.